The molecule has 0 radical (unpaired) electrons. The Morgan fingerprint density at radius 3 is 1.15 bits per heavy atom. The van der Waals surface area contributed by atoms with E-state index in [4.69, 9.17) is 68.1 Å². The Kier molecular flexibility index (Phi) is 71.3. The van der Waals surface area contributed by atoms with E-state index in [1.807, 2.05) is 0 Å². The van der Waals surface area contributed by atoms with Gasteiger partial charge in [0.05, 0.1) is 0 Å². The summed E-state index contributed by atoms with van der Waals surface area (Å²) in [5.74, 6) is 18.1. The van der Waals surface area contributed by atoms with E-state index < -0.39 is 83.4 Å². The zero-order valence-corrected chi connectivity index (χ0v) is 112. The van der Waals surface area contributed by atoms with Crippen molar-refractivity contribution in [2.75, 3.05) is 0 Å². The van der Waals surface area contributed by atoms with Crippen molar-refractivity contribution in [1.82, 2.24) is 4.81 Å². The van der Waals surface area contributed by atoms with Crippen LogP contribution in [0.25, 0.3) is 0 Å². The second-order valence-corrected chi connectivity index (χ2v) is 63.9. The Morgan fingerprint density at radius 1 is 0.380 bits per heavy atom. The van der Waals surface area contributed by atoms with E-state index in [9.17, 15) is 0 Å². The van der Waals surface area contributed by atoms with Gasteiger partial charge in [-0.3, -0.25) is 0 Å². The molecule has 0 aromatic rings. The molecule has 14 heteroatoms. The van der Waals surface area contributed by atoms with Gasteiger partial charge in [-0.2, -0.15) is 0 Å². The predicted octanol–water partition coefficient (Wildman–Crippen LogP) is 44.6. The molecule has 0 bridgehead atoms. The topological polar surface area (TPSA) is 3.24 Å². The summed E-state index contributed by atoms with van der Waals surface area (Å²) in [7, 11) is 39.5. The van der Waals surface area contributed by atoms with Gasteiger partial charge in [-0.15, -0.1) is 26.3 Å². The molecule has 15 rings (SSSR count). The van der Waals surface area contributed by atoms with Crippen molar-refractivity contribution >= 4 is 75.0 Å². The van der Waals surface area contributed by atoms with Crippen LogP contribution in [0.2, 0.25) is 11.6 Å². The zero-order chi connectivity index (χ0) is 98.4. The molecule has 0 heterocycles. The molecule has 142 heavy (non-hydrogen) atoms. The average Bonchev–Trinajstić information content (AvgIpc) is 1.56. The molecule has 0 saturated heterocycles. The van der Waals surface area contributed by atoms with E-state index in [1.54, 1.807) is 22.3 Å². The van der Waals surface area contributed by atoms with Gasteiger partial charge in [0.15, 0.2) is 0 Å². The Bertz CT molecular complexity index is 3770. The molecule has 15 aliphatic rings. The summed E-state index contributed by atoms with van der Waals surface area (Å²) in [6.07, 6.45) is 112. The van der Waals surface area contributed by atoms with Crippen LogP contribution in [0.3, 0.4) is 0 Å². The van der Waals surface area contributed by atoms with E-state index in [1.165, 1.54) is 231 Å². The maximum absolute atomic E-state index is 4.93. The first-order chi connectivity index (χ1) is 64.0. The number of fused-ring (bicyclic) bond motifs is 8. The van der Waals surface area contributed by atoms with Crippen molar-refractivity contribution in [2.24, 2.45) is 162 Å². The summed E-state index contributed by atoms with van der Waals surface area (Å²) in [4.78, 5) is 2.90. The molecule has 0 N–H and O–H groups in total. The Morgan fingerprint density at radius 2 is 0.746 bits per heavy atom. The molecule has 9 fully saturated rings. The van der Waals surface area contributed by atoms with E-state index >= 15 is 0 Å². The molecule has 0 aromatic heterocycles. The minimum atomic E-state index is -0.826. The summed E-state index contributed by atoms with van der Waals surface area (Å²) < 4.78 is 0. The molecule has 15 aliphatic carbocycles. The number of unbranched alkanes of at least 4 members (excludes halogenated alkanes) is 3. The van der Waals surface area contributed by atoms with Crippen molar-refractivity contribution in [2.45, 2.75) is 393 Å². The predicted molar refractivity (Wildman–Crippen MR) is 636 cm³/mol. The number of hydrogen-bond donors (Lipinski definition) is 0. The summed E-state index contributed by atoms with van der Waals surface area (Å²) in [5.41, 5.74) is 8.66. The number of halogens is 8. The Hall–Kier alpha value is 1.72. The third-order valence-electron chi connectivity index (χ3n) is 36.9. The molecule has 0 aromatic carbocycles. The van der Waals surface area contributed by atoms with Crippen LogP contribution in [0.5, 0.6) is 0 Å². The average molecular weight is 2420 g/mol. The third-order valence-corrected chi connectivity index (χ3v) is 36.9. The van der Waals surface area contributed by atoms with Gasteiger partial charge in [0.2, 0.25) is 6.85 Å². The van der Waals surface area contributed by atoms with Crippen LogP contribution in [-0.2, 0) is 83.4 Å². The molecule has 1 nitrogen and oxygen atoms in total. The number of nitrogens with zero attached hydrogens (tertiary/aromatic N) is 1. The van der Waals surface area contributed by atoms with Crippen LogP contribution in [-0.4, -0.2) is 23.7 Å². The Labute approximate surface area is 960 Å². The molecule has 19 unspecified atom stereocenters. The molecule has 0 spiro atoms. The van der Waals surface area contributed by atoms with Crippen molar-refractivity contribution in [1.29, 1.82) is 0 Å². The van der Waals surface area contributed by atoms with Crippen LogP contribution < -0.4 is 0 Å². The van der Waals surface area contributed by atoms with Gasteiger partial charge in [0, 0.05) is 0 Å². The maximum atomic E-state index is 4.93. The molecular formula is C128H212BCl8NZr4. The van der Waals surface area contributed by atoms with Crippen molar-refractivity contribution in [3.05, 3.63) is 254 Å². The molecule has 0 amide bonds. The van der Waals surface area contributed by atoms with Gasteiger partial charge < -0.3 is 64.2 Å². The number of rotatable bonds is 30. The van der Waals surface area contributed by atoms with Crippen LogP contribution in [0, 0.1) is 222 Å². The van der Waals surface area contributed by atoms with E-state index in [0.717, 1.165) is 95.9 Å². The second-order valence-electron chi connectivity index (χ2n) is 49.0. The van der Waals surface area contributed by atoms with E-state index in [2.05, 4.69) is 309 Å². The third kappa shape index (κ3) is 38.0. The Balaban J connectivity index is 0.00000177. The number of allylic oxidation sites excluding steroid dienone is 28. The van der Waals surface area contributed by atoms with E-state index in [-0.39, 0.29) is 81.1 Å². The fraction of sp³-hybridized carbons (Fsp3) is 0.688. The van der Waals surface area contributed by atoms with Gasteiger partial charge in [0.1, 0.15) is 0 Å². The number of hydrogen-bond acceptors (Lipinski definition) is 1. The van der Waals surface area contributed by atoms with Crippen molar-refractivity contribution < 1.29 is 83.4 Å². The van der Waals surface area contributed by atoms with Gasteiger partial charge in [-0.05, 0) is 337 Å². The normalized spacial score (nSPS) is 29.3. The molecule has 0 aliphatic heterocycles. The summed E-state index contributed by atoms with van der Waals surface area (Å²) in [6, 6.07) is 1.27. The van der Waals surface area contributed by atoms with Crippen LogP contribution >= 0.6 is 68.1 Å². The molecule has 9 saturated carbocycles. The van der Waals surface area contributed by atoms with Gasteiger partial charge in [0.25, 0.3) is 0 Å². The molecular weight excluding hydrogens is 2210 g/mol. The molecule has 19 atom stereocenters. The first-order valence-corrected chi connectivity index (χ1v) is 79.7. The fourth-order valence-corrected chi connectivity index (χ4v) is 31.0. The SMILES string of the molecule is C=CCCC(C)(C1CCCC1)C1C2C=C(C(C)(C)C)C=CC2C2C=CC(C(C)(C)C)=CC21.C=CCCC1CC(C(CCCC)(CCCC)C2CCCC2)C2C=CC=CC12.C=CCCC1CCC(C2(C3C4C=C(C(C)(C)C)C=CC4C4C=CC(C(C)(C)C)=CC43)CCCCC2)C1.C=CCCCC1CC(B(C2CCCC2)N(C(C)C)C(C)C)C2C=CC=CC12.[CH3-].[CH3-].[CH3-].[CH3-].[CH3-].[CH3-].[CH3-].[CH3-].[Cl][Zr+2][Cl].[Cl][Zr+2][Cl].[Cl][Zr+2][Cl].[Cl][Zr+2][Cl]. The monoisotopic (exact) mass is 2410 g/mol. The van der Waals surface area contributed by atoms with Crippen molar-refractivity contribution in [3.8, 4) is 0 Å². The zero-order valence-electron chi connectivity index (χ0n) is 95.8. The fourth-order valence-electron chi connectivity index (χ4n) is 31.0. The first kappa shape index (κ1) is 144. The van der Waals surface area contributed by atoms with Crippen LogP contribution in [0.4, 0.5) is 0 Å². The van der Waals surface area contributed by atoms with E-state index in [0.29, 0.717) is 81.6 Å². The standard InChI is InChI=1S/C36H54.C32H48.C27H44.C25H42BN.8CH3.8ClH.4Zr/c1-8-9-13-25-14-15-28(22-25)36(20-11-10-12-21-36)33-31-23-26(34(2,3)4)16-18-29(31)30-19-17-27(24-32(30)33)35(5,6)7;1-9-10-19-32(8,22-13-11-12-14-22)29-27-20-23(30(2,3)4)15-17-25(27)26-18-16-24(21-28(26)29)31(5,6)7;1-4-7-14-22-21-26(25-18-13-12-17-24(22)25)27(19-8-5-2,20-9-6-3)23-15-10-11-16-23;1-6-7-8-13-21-18-25(24-17-12-11-16-23(21)24)26(22-14-9-10-15-22)27(19(2)3)20(4)5;;;;;;;;;;;;;;;;;;;;/h8,16-19,23-25,28-33H,1,9-15,20-22H2,2-7H3;9,15-18,20-22,25-29H,1,10-14,19H2,2-8H3;4,12-13,17-18,22-26H,1,5-11,14-16,19-21H2,2-3H3;6,11-12,16-17,19-25H,1,7-10,13-15,18H2,2-5H3;8*1H3;8*1H;;;;/q;;;;8*-1;;;;;;;;;4*+4/p-8. The molecule has 804 valence electrons. The summed E-state index contributed by atoms with van der Waals surface area (Å²) in [5, 5.41) is 0. The van der Waals surface area contributed by atoms with Gasteiger partial charge in [-0.1, -0.05) is 387 Å². The summed E-state index contributed by atoms with van der Waals surface area (Å²) in [6.45, 7) is 62.8. The minimum absolute atomic E-state index is 0. The van der Waals surface area contributed by atoms with Gasteiger partial charge in [-0.25, -0.2) is 0 Å². The summed E-state index contributed by atoms with van der Waals surface area (Å²) >= 11 is -3.30. The van der Waals surface area contributed by atoms with Crippen molar-refractivity contribution in [3.63, 3.8) is 0 Å². The van der Waals surface area contributed by atoms with Gasteiger partial charge >= 0.3 is 151 Å². The quantitative estimate of drug-likeness (QED) is 0.0300. The second kappa shape index (κ2) is 70.4. The van der Waals surface area contributed by atoms with Crippen LogP contribution in [0.15, 0.2) is 194 Å². The first-order valence-electron chi connectivity index (χ1n) is 54.4. The van der Waals surface area contributed by atoms with Crippen LogP contribution in [0.1, 0.15) is 369 Å².